The topological polar surface area (TPSA) is 185 Å². The fraction of sp³-hybridized carbons (Fsp3) is 0.617. The second kappa shape index (κ2) is 22.5. The molecule has 4 aromatic rings. The predicted molar refractivity (Wildman–Crippen MR) is 297 cm³/mol. The maximum atomic E-state index is 15.3. The largest absolute Gasteiger partial charge is 0.464 e. The molecule has 9 heterocycles. The van der Waals surface area contributed by atoms with Crippen molar-refractivity contribution in [1.82, 2.24) is 45.3 Å². The molecule has 18 nitrogen and oxygen atoms in total. The number of aromatic nitrogens is 2. The summed E-state index contributed by atoms with van der Waals surface area (Å²) >= 11 is 0. The Morgan fingerprint density at radius 1 is 0.951 bits per heavy atom. The molecular formula is C60H77F3N10O8. The minimum Gasteiger partial charge on any atom is -0.464 e. The third-order valence-electron chi connectivity index (χ3n) is 18.3. The second-order valence-corrected chi connectivity index (χ2v) is 24.9. The lowest BCUT2D eigenvalue weighted by atomic mass is 9.84. The number of hydrazine groups is 1. The number of cyclic esters (lactones) is 1. The average Bonchev–Trinajstić information content (AvgIpc) is 3.57. The molecule has 21 heteroatoms. The number of carbonyl (C=O) groups excluding carboxylic acids is 4. The third-order valence-corrected chi connectivity index (χ3v) is 18.3. The maximum absolute atomic E-state index is 15.3. The van der Waals surface area contributed by atoms with Gasteiger partial charge in [-0.3, -0.25) is 39.0 Å². The van der Waals surface area contributed by atoms with Gasteiger partial charge in [0.2, 0.25) is 11.8 Å². The van der Waals surface area contributed by atoms with Crippen molar-refractivity contribution in [2.45, 2.75) is 127 Å². The summed E-state index contributed by atoms with van der Waals surface area (Å²) in [4.78, 5) is 71.2. The molecule has 7 fully saturated rings. The summed E-state index contributed by atoms with van der Waals surface area (Å²) in [6.07, 6.45) is 1.56. The van der Waals surface area contributed by atoms with E-state index in [1.807, 2.05) is 68.1 Å². The first-order valence-electron chi connectivity index (χ1n) is 29.3. The maximum Gasteiger partial charge on any atom is 0.406 e. The predicted octanol–water partition coefficient (Wildman–Crippen LogP) is 5.25. The van der Waals surface area contributed by atoms with Crippen molar-refractivity contribution in [3.63, 3.8) is 0 Å². The quantitative estimate of drug-likeness (QED) is 0.138. The highest BCUT2D eigenvalue weighted by Crippen LogP contribution is 2.45. The number of piperazine rings is 1. The Labute approximate surface area is 471 Å². The Balaban J connectivity index is 0.929. The summed E-state index contributed by atoms with van der Waals surface area (Å²) < 4.78 is 71.5. The van der Waals surface area contributed by atoms with Crippen molar-refractivity contribution in [2.24, 2.45) is 11.3 Å². The van der Waals surface area contributed by atoms with Crippen LogP contribution < -0.4 is 21.0 Å². The Bertz CT molecular complexity index is 3030. The van der Waals surface area contributed by atoms with Gasteiger partial charge >= 0.3 is 12.1 Å². The first kappa shape index (κ1) is 55.8. The number of ether oxygens (including phenoxy) is 4. The van der Waals surface area contributed by atoms with Gasteiger partial charge in [-0.25, -0.2) is 5.43 Å². The third kappa shape index (κ3) is 11.7. The Hall–Kier alpha value is -5.68. The number of anilines is 1. The summed E-state index contributed by atoms with van der Waals surface area (Å²) in [5.74, 6) is -1.05. The molecule has 0 unspecified atom stereocenters. The number of fused-ring (bicyclic) bond motifs is 7. The number of rotatable bonds is 10. The van der Waals surface area contributed by atoms with Crippen LogP contribution in [0.2, 0.25) is 0 Å². The van der Waals surface area contributed by atoms with E-state index in [9.17, 15) is 9.59 Å². The molecule has 6 saturated heterocycles. The van der Waals surface area contributed by atoms with E-state index in [1.54, 1.807) is 19.4 Å². The van der Waals surface area contributed by atoms with Gasteiger partial charge in [0, 0.05) is 87.8 Å². The van der Waals surface area contributed by atoms with Crippen LogP contribution in [-0.4, -0.2) is 194 Å². The summed E-state index contributed by atoms with van der Waals surface area (Å²) in [6.45, 7) is 12.0. The smallest absolute Gasteiger partial charge is 0.406 e. The number of carbonyl (C=O) groups is 4. The van der Waals surface area contributed by atoms with E-state index in [0.717, 1.165) is 61.2 Å². The van der Waals surface area contributed by atoms with Gasteiger partial charge in [-0.05, 0) is 85.4 Å². The average molecular weight is 1120 g/mol. The molecule has 6 atom stereocenters. The zero-order valence-corrected chi connectivity index (χ0v) is 47.0. The molecule has 0 radical (unpaired) electrons. The van der Waals surface area contributed by atoms with Crippen LogP contribution in [0.4, 0.5) is 18.9 Å². The fourth-order valence-electron chi connectivity index (χ4n) is 14.0. The monoisotopic (exact) mass is 1120 g/mol. The summed E-state index contributed by atoms with van der Waals surface area (Å²) in [6, 6.07) is 12.9. The first-order valence-corrected chi connectivity index (χ1v) is 29.3. The van der Waals surface area contributed by atoms with Gasteiger partial charge in [-0.15, -0.1) is 0 Å². The van der Waals surface area contributed by atoms with Gasteiger partial charge in [-0.1, -0.05) is 57.0 Å². The standard InChI is InChI=1S/C60H77F3N10O8/c1-37(78-4)51-45(26-42(28-65-51)69-18-17-68-19-21-79-31-43(68)30-69)53-46-27-58(2,3)36-80-57(77)47-13-8-16-73(67-47)56(76)48(24-38-9-7-12-40(23-38)41-14-15-50(44(46)25-41)72(53)35-60(61,62)63)66-54(74)52(39-10-5-6-11-39)70-20-22-81-59(32-70)33-71(34-59)55(75)49-29-64-49/h7,9,12,14-15,23,25-26,28,37,39,43,47-49,52,64,67H,5-6,8,10-11,13,16-22,24,27,29-36H2,1-4H3,(H,66,74)/t37-,43-,47-,48-,49+,52-/m0/s1. The van der Waals surface area contributed by atoms with E-state index in [2.05, 4.69) is 30.8 Å². The summed E-state index contributed by atoms with van der Waals surface area (Å²) in [5.41, 5.74) is 7.30. The molecule has 8 aliphatic rings. The van der Waals surface area contributed by atoms with Crippen molar-refractivity contribution >= 4 is 40.3 Å². The highest BCUT2D eigenvalue weighted by atomic mass is 19.4. The number of amides is 3. The molecule has 81 heavy (non-hydrogen) atoms. The number of likely N-dealkylation sites (tertiary alicyclic amines) is 1. The van der Waals surface area contributed by atoms with E-state index < -0.39 is 53.9 Å². The van der Waals surface area contributed by atoms with Crippen LogP contribution in [0.25, 0.3) is 33.3 Å². The number of hydrogen-bond donors (Lipinski definition) is 3. The SMILES string of the molecule is CO[C@@H](C)c1ncc(N2CCN3CCOC[C@@H]3C2)cc1-c1c2c3cc(ccc3n1CC(F)(F)F)-c1cccc(c1)C[C@H](NC(=O)[C@H](C1CCCC1)N1CCOC3(CN(C(=O)[C@H]4CN4)C3)C1)C(=O)N1CCC[C@H](N1)C(=O)OCC(C)(C)C2. The van der Waals surface area contributed by atoms with E-state index in [-0.39, 0.29) is 55.2 Å². The van der Waals surface area contributed by atoms with Gasteiger partial charge in [0.15, 0.2) is 0 Å². The van der Waals surface area contributed by atoms with Crippen molar-refractivity contribution in [1.29, 1.82) is 0 Å². The number of morpholine rings is 2. The molecule has 6 bridgehead atoms. The lowest BCUT2D eigenvalue weighted by Gasteiger charge is -2.55. The van der Waals surface area contributed by atoms with Crippen LogP contribution in [-0.2, 0) is 57.5 Å². The highest BCUT2D eigenvalue weighted by molar-refractivity contribution is 5.96. The Morgan fingerprint density at radius 3 is 2.53 bits per heavy atom. The van der Waals surface area contributed by atoms with Gasteiger partial charge in [0.25, 0.3) is 5.91 Å². The molecule has 1 aliphatic carbocycles. The number of halogens is 3. The Morgan fingerprint density at radius 2 is 1.75 bits per heavy atom. The molecule has 1 spiro atoms. The van der Waals surface area contributed by atoms with Gasteiger partial charge < -0.3 is 43.9 Å². The molecule has 3 N–H and O–H groups in total. The number of nitrogens with one attached hydrogen (secondary N) is 3. The second-order valence-electron chi connectivity index (χ2n) is 24.9. The lowest BCUT2D eigenvalue weighted by Crippen LogP contribution is -2.73. The number of benzene rings is 2. The van der Waals surface area contributed by atoms with Crippen LogP contribution in [0.3, 0.4) is 0 Å². The van der Waals surface area contributed by atoms with Crippen molar-refractivity contribution in [3.8, 4) is 22.4 Å². The minimum absolute atomic E-state index is 0.0530. The lowest BCUT2D eigenvalue weighted by molar-refractivity contribution is -0.197. The van der Waals surface area contributed by atoms with E-state index >= 15 is 22.8 Å². The number of hydrogen-bond acceptors (Lipinski definition) is 14. The fourth-order valence-corrected chi connectivity index (χ4v) is 14.0. The molecule has 2 aromatic heterocycles. The molecular weight excluding hydrogens is 1050 g/mol. The van der Waals surface area contributed by atoms with Crippen LogP contribution >= 0.6 is 0 Å². The normalized spacial score (nSPS) is 26.4. The summed E-state index contributed by atoms with van der Waals surface area (Å²) in [7, 11) is 1.57. The molecule has 7 aliphatic heterocycles. The summed E-state index contributed by atoms with van der Waals surface area (Å²) in [5, 5.41) is 8.44. The first-order chi connectivity index (χ1) is 38.9. The molecule has 2 aromatic carbocycles. The highest BCUT2D eigenvalue weighted by Gasteiger charge is 2.53. The van der Waals surface area contributed by atoms with Crippen LogP contribution in [0.5, 0.6) is 0 Å². The number of methoxy groups -OCH3 is 1. The minimum atomic E-state index is -4.61. The van der Waals surface area contributed by atoms with E-state index in [4.69, 9.17) is 23.9 Å². The molecule has 1 saturated carbocycles. The van der Waals surface area contributed by atoms with Gasteiger partial charge in [-0.2, -0.15) is 13.2 Å². The molecule has 12 rings (SSSR count). The zero-order chi connectivity index (χ0) is 56.4. The van der Waals surface area contributed by atoms with Gasteiger partial charge in [0.05, 0.1) is 87.0 Å². The van der Waals surface area contributed by atoms with Gasteiger partial charge in [0.1, 0.15) is 24.2 Å². The van der Waals surface area contributed by atoms with Crippen LogP contribution in [0.1, 0.15) is 82.2 Å². The number of esters is 1. The molecule has 436 valence electrons. The Kier molecular flexibility index (Phi) is 15.5. The van der Waals surface area contributed by atoms with Crippen molar-refractivity contribution in [2.75, 3.05) is 104 Å². The zero-order valence-electron chi connectivity index (χ0n) is 47.0. The van der Waals surface area contributed by atoms with Crippen molar-refractivity contribution in [3.05, 3.63) is 71.5 Å². The number of pyridine rings is 1. The van der Waals surface area contributed by atoms with Crippen LogP contribution in [0, 0.1) is 11.3 Å². The number of alkyl halides is 3. The van der Waals surface area contributed by atoms with Crippen molar-refractivity contribution < 1.29 is 51.3 Å². The molecule has 3 amide bonds. The van der Waals surface area contributed by atoms with E-state index in [1.165, 1.54) is 9.58 Å². The van der Waals surface area contributed by atoms with Crippen LogP contribution in [0.15, 0.2) is 54.7 Å². The number of nitrogens with zero attached hydrogens (tertiary/aromatic N) is 7. The van der Waals surface area contributed by atoms with E-state index in [0.29, 0.717) is 118 Å².